The minimum Gasteiger partial charge on any atom is -0.454 e. The first-order chi connectivity index (χ1) is 19.3. The summed E-state index contributed by atoms with van der Waals surface area (Å²) in [6.45, 7) is 3.90. The van der Waals surface area contributed by atoms with E-state index in [2.05, 4.69) is 62.7 Å². The summed E-state index contributed by atoms with van der Waals surface area (Å²) < 4.78 is 13.0. The number of imidazole rings is 1. The van der Waals surface area contributed by atoms with Crippen LogP contribution in [0.5, 0.6) is 11.5 Å². The second kappa shape index (κ2) is 10.5. The zero-order chi connectivity index (χ0) is 26.0. The summed E-state index contributed by atoms with van der Waals surface area (Å²) in [7, 11) is 0. The van der Waals surface area contributed by atoms with E-state index in [9.17, 15) is 0 Å². The number of anilines is 2. The molecule has 5 aromatic rings. The molecule has 0 amide bonds. The number of ether oxygens (including phenoxy) is 2. The topological polar surface area (TPSA) is 89.4 Å². The Morgan fingerprint density at radius 1 is 0.949 bits per heavy atom. The Morgan fingerprint density at radius 3 is 2.67 bits per heavy atom. The van der Waals surface area contributed by atoms with Gasteiger partial charge in [0, 0.05) is 37.6 Å². The molecule has 1 fully saturated rings. The van der Waals surface area contributed by atoms with E-state index in [1.807, 2.05) is 29.1 Å². The normalized spacial score (nSPS) is 15.6. The average Bonchev–Trinajstić information content (AvgIpc) is 3.74. The number of piperidine rings is 1. The highest BCUT2D eigenvalue weighted by atomic mass is 32.1. The predicted molar refractivity (Wildman–Crippen MR) is 153 cm³/mol. The van der Waals surface area contributed by atoms with Gasteiger partial charge in [0.05, 0.1) is 5.69 Å². The van der Waals surface area contributed by atoms with Crippen LogP contribution in [0, 0.1) is 0 Å². The van der Waals surface area contributed by atoms with Crippen LogP contribution in [0.15, 0.2) is 71.7 Å². The molecule has 0 aliphatic carbocycles. The fourth-order valence-corrected chi connectivity index (χ4v) is 5.79. The molecule has 0 spiro atoms. The summed E-state index contributed by atoms with van der Waals surface area (Å²) >= 11 is 1.65. The van der Waals surface area contributed by atoms with Gasteiger partial charge in [0.15, 0.2) is 28.5 Å². The molecule has 0 bridgehead atoms. The SMILES string of the molecule is c1ccc(CN2CCC(Nc3nc(NCc4ccc5c(c4)OCO5)nc4c3ncn4-c3ccsc3)CC2)cc1. The van der Waals surface area contributed by atoms with Crippen molar-refractivity contribution in [1.29, 1.82) is 0 Å². The quantitative estimate of drug-likeness (QED) is 0.275. The highest BCUT2D eigenvalue weighted by Crippen LogP contribution is 2.33. The van der Waals surface area contributed by atoms with Gasteiger partial charge in [-0.25, -0.2) is 4.98 Å². The van der Waals surface area contributed by atoms with Crippen molar-refractivity contribution >= 4 is 34.3 Å². The smallest absolute Gasteiger partial charge is 0.231 e. The Kier molecular flexibility index (Phi) is 6.47. The number of hydrogen-bond acceptors (Lipinski definition) is 9. The Labute approximate surface area is 230 Å². The molecular formula is C29H29N7O2S. The second-order valence-electron chi connectivity index (χ2n) is 9.89. The Balaban J connectivity index is 1.11. The Morgan fingerprint density at radius 2 is 1.82 bits per heavy atom. The summed E-state index contributed by atoms with van der Waals surface area (Å²) in [6, 6.07) is 19.0. The maximum atomic E-state index is 5.53. The number of nitrogens with one attached hydrogen (secondary N) is 2. The third-order valence-corrected chi connectivity index (χ3v) is 7.92. The van der Waals surface area contributed by atoms with Crippen LogP contribution in [0.4, 0.5) is 11.8 Å². The second-order valence-corrected chi connectivity index (χ2v) is 10.7. The van der Waals surface area contributed by atoms with Crippen LogP contribution in [0.3, 0.4) is 0 Å². The molecule has 0 atom stereocenters. The molecule has 2 aliphatic heterocycles. The van der Waals surface area contributed by atoms with Crippen LogP contribution in [0.2, 0.25) is 0 Å². The van der Waals surface area contributed by atoms with E-state index in [0.717, 1.165) is 72.2 Å². The van der Waals surface area contributed by atoms with Gasteiger partial charge in [-0.1, -0.05) is 36.4 Å². The average molecular weight is 540 g/mol. The molecule has 10 heteroatoms. The van der Waals surface area contributed by atoms with Crippen molar-refractivity contribution in [2.24, 2.45) is 0 Å². The van der Waals surface area contributed by atoms with Gasteiger partial charge in [0.2, 0.25) is 12.7 Å². The van der Waals surface area contributed by atoms with Gasteiger partial charge in [0.1, 0.15) is 6.33 Å². The van der Waals surface area contributed by atoms with Gasteiger partial charge >= 0.3 is 0 Å². The third kappa shape index (κ3) is 5.13. The molecule has 2 aliphatic rings. The van der Waals surface area contributed by atoms with Crippen molar-refractivity contribution < 1.29 is 9.47 Å². The fraction of sp³-hybridized carbons (Fsp3) is 0.276. The van der Waals surface area contributed by atoms with Gasteiger partial charge in [0.25, 0.3) is 0 Å². The van der Waals surface area contributed by atoms with Crippen LogP contribution < -0.4 is 20.1 Å². The number of aromatic nitrogens is 4. The fourth-order valence-electron chi connectivity index (χ4n) is 5.17. The van der Waals surface area contributed by atoms with Gasteiger partial charge in [-0.2, -0.15) is 21.3 Å². The summed E-state index contributed by atoms with van der Waals surface area (Å²) in [5, 5.41) is 11.3. The lowest BCUT2D eigenvalue weighted by atomic mass is 10.0. The molecule has 3 aromatic heterocycles. The molecule has 0 unspecified atom stereocenters. The minimum absolute atomic E-state index is 0.263. The largest absolute Gasteiger partial charge is 0.454 e. The van der Waals surface area contributed by atoms with Gasteiger partial charge in [-0.05, 0) is 47.5 Å². The lowest BCUT2D eigenvalue weighted by Crippen LogP contribution is -2.38. The van der Waals surface area contributed by atoms with Crippen molar-refractivity contribution in [3.8, 4) is 17.2 Å². The number of thiophene rings is 1. The van der Waals surface area contributed by atoms with E-state index in [1.165, 1.54) is 5.56 Å². The van der Waals surface area contributed by atoms with Crippen LogP contribution in [0.1, 0.15) is 24.0 Å². The lowest BCUT2D eigenvalue weighted by Gasteiger charge is -2.32. The van der Waals surface area contributed by atoms with Crippen molar-refractivity contribution in [1.82, 2.24) is 24.4 Å². The van der Waals surface area contributed by atoms with E-state index in [1.54, 1.807) is 11.3 Å². The number of benzene rings is 2. The van der Waals surface area contributed by atoms with Crippen molar-refractivity contribution in [3.05, 3.63) is 82.8 Å². The Bertz CT molecular complexity index is 1560. The zero-order valence-corrected chi connectivity index (χ0v) is 22.2. The number of nitrogens with zero attached hydrogens (tertiary/aromatic N) is 5. The molecule has 1 saturated heterocycles. The molecule has 2 aromatic carbocycles. The van der Waals surface area contributed by atoms with E-state index in [-0.39, 0.29) is 6.79 Å². The maximum absolute atomic E-state index is 5.53. The number of rotatable bonds is 8. The van der Waals surface area contributed by atoms with Gasteiger partial charge in [-0.3, -0.25) is 9.47 Å². The molecule has 7 rings (SSSR count). The molecule has 0 radical (unpaired) electrons. The zero-order valence-electron chi connectivity index (χ0n) is 21.4. The minimum atomic E-state index is 0.263. The van der Waals surface area contributed by atoms with E-state index in [4.69, 9.17) is 24.4 Å². The van der Waals surface area contributed by atoms with E-state index < -0.39 is 0 Å². The summed E-state index contributed by atoms with van der Waals surface area (Å²) in [4.78, 5) is 17.0. The summed E-state index contributed by atoms with van der Waals surface area (Å²) in [5.74, 6) is 2.87. The number of likely N-dealkylation sites (tertiary alicyclic amines) is 1. The molecule has 198 valence electrons. The first kappa shape index (κ1) is 23.9. The molecule has 5 heterocycles. The molecule has 9 nitrogen and oxygen atoms in total. The number of fused-ring (bicyclic) bond motifs is 2. The number of hydrogen-bond donors (Lipinski definition) is 2. The van der Waals surface area contributed by atoms with E-state index >= 15 is 0 Å². The highest BCUT2D eigenvalue weighted by molar-refractivity contribution is 7.08. The molecular weight excluding hydrogens is 510 g/mol. The van der Waals surface area contributed by atoms with Crippen molar-refractivity contribution in [2.75, 3.05) is 30.5 Å². The third-order valence-electron chi connectivity index (χ3n) is 7.25. The monoisotopic (exact) mass is 539 g/mol. The molecule has 0 saturated carbocycles. The summed E-state index contributed by atoms with van der Waals surface area (Å²) in [5.41, 5.74) is 5.03. The highest BCUT2D eigenvalue weighted by Gasteiger charge is 2.22. The first-order valence-corrected chi connectivity index (χ1v) is 14.2. The molecule has 39 heavy (non-hydrogen) atoms. The summed E-state index contributed by atoms with van der Waals surface area (Å²) in [6.07, 6.45) is 3.92. The van der Waals surface area contributed by atoms with Crippen molar-refractivity contribution in [2.45, 2.75) is 32.0 Å². The van der Waals surface area contributed by atoms with Crippen LogP contribution >= 0.6 is 11.3 Å². The van der Waals surface area contributed by atoms with Gasteiger partial charge < -0.3 is 20.1 Å². The Hall–Kier alpha value is -4.15. The van der Waals surface area contributed by atoms with Crippen LogP contribution in [0.25, 0.3) is 16.9 Å². The predicted octanol–water partition coefficient (Wildman–Crippen LogP) is 5.29. The van der Waals surface area contributed by atoms with Gasteiger partial charge in [-0.15, -0.1) is 0 Å². The maximum Gasteiger partial charge on any atom is 0.231 e. The first-order valence-electron chi connectivity index (χ1n) is 13.2. The standard InChI is InChI=1S/C29H29N7O2S/c1-2-4-20(5-3-1)16-35-11-8-22(9-12-35)32-27-26-28(36(18-31-26)23-10-13-39-17-23)34-29(33-27)30-15-21-6-7-24-25(14-21)38-19-37-24/h1-7,10,13-14,17-18,22H,8-9,11-12,15-16,19H2,(H2,30,32,33,34). The lowest BCUT2D eigenvalue weighted by molar-refractivity contribution is 0.174. The van der Waals surface area contributed by atoms with Crippen molar-refractivity contribution in [3.63, 3.8) is 0 Å². The van der Waals surface area contributed by atoms with Crippen LogP contribution in [-0.2, 0) is 13.1 Å². The van der Waals surface area contributed by atoms with Crippen LogP contribution in [-0.4, -0.2) is 50.3 Å². The molecule has 2 N–H and O–H groups in total. The van der Waals surface area contributed by atoms with E-state index in [0.29, 0.717) is 18.5 Å².